The van der Waals surface area contributed by atoms with Crippen LogP contribution in [0, 0.1) is 13.8 Å². The molecule has 0 aliphatic rings. The van der Waals surface area contributed by atoms with Crippen molar-refractivity contribution in [1.29, 1.82) is 0 Å². The fraction of sp³-hybridized carbons (Fsp3) is 0.167. The van der Waals surface area contributed by atoms with Gasteiger partial charge in [0.2, 0.25) is 0 Å². The number of anilines is 2. The Bertz CT molecular complexity index is 1250. The van der Waals surface area contributed by atoms with Crippen LogP contribution in [0.1, 0.15) is 38.8 Å². The van der Waals surface area contributed by atoms with Crippen LogP contribution in [0.25, 0.3) is 0 Å². The summed E-state index contributed by atoms with van der Waals surface area (Å²) in [4.78, 5) is 25.0. The number of carbonyl (C=O) groups excluding carboxylic acids is 2. The molecule has 32 heavy (non-hydrogen) atoms. The summed E-state index contributed by atoms with van der Waals surface area (Å²) in [6.07, 6.45) is 0. The first kappa shape index (κ1) is 23.0. The third kappa shape index (κ3) is 5.33. The molecule has 0 atom stereocenters. The molecular weight excluding hydrogens is 428 g/mol. The van der Waals surface area contributed by atoms with Crippen LogP contribution in [0.5, 0.6) is 0 Å². The molecular formula is C24H24N2O5S. The fourth-order valence-electron chi connectivity index (χ4n) is 3.01. The van der Waals surface area contributed by atoms with Gasteiger partial charge >= 0.3 is 5.97 Å². The van der Waals surface area contributed by atoms with E-state index in [0.717, 1.165) is 5.56 Å². The van der Waals surface area contributed by atoms with Gasteiger partial charge < -0.3 is 10.1 Å². The van der Waals surface area contributed by atoms with E-state index in [1.54, 1.807) is 56.3 Å². The number of amides is 1. The number of benzene rings is 3. The summed E-state index contributed by atoms with van der Waals surface area (Å²) in [5.41, 5.74) is 2.81. The van der Waals surface area contributed by atoms with Gasteiger partial charge in [-0.3, -0.25) is 9.52 Å². The van der Waals surface area contributed by atoms with Gasteiger partial charge in [0, 0.05) is 5.56 Å². The lowest BCUT2D eigenvalue weighted by Crippen LogP contribution is -2.17. The van der Waals surface area contributed by atoms with Crippen molar-refractivity contribution < 1.29 is 22.7 Å². The van der Waals surface area contributed by atoms with E-state index in [-0.39, 0.29) is 17.1 Å². The van der Waals surface area contributed by atoms with Crippen LogP contribution in [-0.4, -0.2) is 26.9 Å². The first-order valence-electron chi connectivity index (χ1n) is 9.99. The van der Waals surface area contributed by atoms with Gasteiger partial charge in [-0.2, -0.15) is 0 Å². The molecule has 0 bridgehead atoms. The lowest BCUT2D eigenvalue weighted by Gasteiger charge is -2.13. The normalized spacial score (nSPS) is 11.0. The largest absolute Gasteiger partial charge is 0.462 e. The molecule has 0 saturated carbocycles. The van der Waals surface area contributed by atoms with Crippen molar-refractivity contribution in [1.82, 2.24) is 0 Å². The van der Waals surface area contributed by atoms with Crippen molar-refractivity contribution in [3.05, 3.63) is 89.0 Å². The van der Waals surface area contributed by atoms with E-state index in [0.29, 0.717) is 22.5 Å². The van der Waals surface area contributed by atoms with Gasteiger partial charge in [0.1, 0.15) is 0 Å². The van der Waals surface area contributed by atoms with E-state index in [1.165, 1.54) is 24.3 Å². The molecule has 3 rings (SSSR count). The molecule has 0 unspecified atom stereocenters. The molecule has 3 aromatic rings. The predicted molar refractivity (Wildman–Crippen MR) is 124 cm³/mol. The lowest BCUT2D eigenvalue weighted by atomic mass is 10.1. The highest BCUT2D eigenvalue weighted by Gasteiger charge is 2.18. The van der Waals surface area contributed by atoms with Gasteiger partial charge in [0.25, 0.3) is 15.9 Å². The Hall–Kier alpha value is -3.65. The third-order valence-electron chi connectivity index (χ3n) is 4.73. The Balaban J connectivity index is 1.79. The Morgan fingerprint density at radius 1 is 0.906 bits per heavy atom. The van der Waals surface area contributed by atoms with Crippen LogP contribution >= 0.6 is 0 Å². The van der Waals surface area contributed by atoms with Gasteiger partial charge in [-0.15, -0.1) is 0 Å². The Morgan fingerprint density at radius 2 is 1.59 bits per heavy atom. The number of aryl methyl sites for hydroxylation is 2. The van der Waals surface area contributed by atoms with Crippen LogP contribution in [0.2, 0.25) is 0 Å². The van der Waals surface area contributed by atoms with Gasteiger partial charge in [0.15, 0.2) is 0 Å². The molecule has 1 amide bonds. The van der Waals surface area contributed by atoms with Crippen molar-refractivity contribution in [3.8, 4) is 0 Å². The molecule has 166 valence electrons. The second-order valence-corrected chi connectivity index (χ2v) is 8.85. The zero-order valence-corrected chi connectivity index (χ0v) is 18.8. The van der Waals surface area contributed by atoms with Gasteiger partial charge in [-0.05, 0) is 68.8 Å². The number of carbonyl (C=O) groups is 2. The average Bonchev–Trinajstić information content (AvgIpc) is 2.76. The SMILES string of the molecule is CCOC(=O)c1ccccc1NC(=O)c1ccc(NS(=O)(=O)c2ccc(C)cc2)c(C)c1. The van der Waals surface area contributed by atoms with Crippen LogP contribution in [0.3, 0.4) is 0 Å². The van der Waals surface area contributed by atoms with Crippen LogP contribution < -0.4 is 10.0 Å². The molecule has 0 aliphatic carbocycles. The second-order valence-electron chi connectivity index (χ2n) is 7.17. The zero-order chi connectivity index (χ0) is 23.3. The van der Waals surface area contributed by atoms with Crippen molar-refractivity contribution in [2.75, 3.05) is 16.6 Å². The van der Waals surface area contributed by atoms with Crippen molar-refractivity contribution >= 4 is 33.3 Å². The van der Waals surface area contributed by atoms with E-state index >= 15 is 0 Å². The standard InChI is InChI=1S/C24H24N2O5S/c1-4-31-24(28)20-7-5-6-8-22(20)25-23(27)18-11-14-21(17(3)15-18)26-32(29,30)19-12-9-16(2)10-13-19/h5-15,26H,4H2,1-3H3,(H,25,27). The number of nitrogens with one attached hydrogen (secondary N) is 2. The highest BCUT2D eigenvalue weighted by atomic mass is 32.2. The Kier molecular flexibility index (Phi) is 6.95. The van der Waals surface area contributed by atoms with Crippen molar-refractivity contribution in [3.63, 3.8) is 0 Å². The third-order valence-corrected chi connectivity index (χ3v) is 6.12. The van der Waals surface area contributed by atoms with E-state index in [9.17, 15) is 18.0 Å². The Morgan fingerprint density at radius 3 is 2.25 bits per heavy atom. The van der Waals surface area contributed by atoms with E-state index in [1.807, 2.05) is 6.92 Å². The summed E-state index contributed by atoms with van der Waals surface area (Å²) < 4.78 is 32.9. The monoisotopic (exact) mass is 452 g/mol. The minimum absolute atomic E-state index is 0.153. The smallest absolute Gasteiger partial charge is 0.340 e. The maximum Gasteiger partial charge on any atom is 0.340 e. The molecule has 0 aliphatic heterocycles. The van der Waals surface area contributed by atoms with E-state index in [4.69, 9.17) is 4.74 Å². The Labute approximate surface area is 187 Å². The average molecular weight is 453 g/mol. The fourth-order valence-corrected chi connectivity index (χ4v) is 4.14. The first-order valence-corrected chi connectivity index (χ1v) is 11.5. The molecule has 0 heterocycles. The van der Waals surface area contributed by atoms with Gasteiger partial charge in [-0.1, -0.05) is 29.8 Å². The summed E-state index contributed by atoms with van der Waals surface area (Å²) in [6.45, 7) is 5.51. The summed E-state index contributed by atoms with van der Waals surface area (Å²) in [7, 11) is -3.76. The number of para-hydroxylation sites is 1. The molecule has 2 N–H and O–H groups in total. The molecule has 0 radical (unpaired) electrons. The molecule has 7 nitrogen and oxygen atoms in total. The van der Waals surface area contributed by atoms with Gasteiger partial charge in [-0.25, -0.2) is 13.2 Å². The van der Waals surface area contributed by atoms with E-state index in [2.05, 4.69) is 10.0 Å². The molecule has 0 saturated heterocycles. The highest BCUT2D eigenvalue weighted by molar-refractivity contribution is 7.92. The lowest BCUT2D eigenvalue weighted by molar-refractivity contribution is 0.0527. The summed E-state index contributed by atoms with van der Waals surface area (Å²) in [5.74, 6) is -0.960. The molecule has 3 aromatic carbocycles. The molecule has 8 heteroatoms. The van der Waals surface area contributed by atoms with Crippen LogP contribution in [0.4, 0.5) is 11.4 Å². The maximum atomic E-state index is 12.7. The van der Waals surface area contributed by atoms with Crippen LogP contribution in [-0.2, 0) is 14.8 Å². The number of sulfonamides is 1. The van der Waals surface area contributed by atoms with Gasteiger partial charge in [0.05, 0.1) is 28.4 Å². The number of hydrogen-bond acceptors (Lipinski definition) is 5. The summed E-state index contributed by atoms with van der Waals surface area (Å²) in [6, 6.07) is 17.7. The quantitative estimate of drug-likeness (QED) is 0.513. The van der Waals surface area contributed by atoms with Crippen LogP contribution in [0.15, 0.2) is 71.6 Å². The number of hydrogen-bond donors (Lipinski definition) is 2. The molecule has 0 aromatic heterocycles. The number of ether oxygens (including phenoxy) is 1. The predicted octanol–water partition coefficient (Wildman–Crippen LogP) is 4.53. The van der Waals surface area contributed by atoms with Crippen molar-refractivity contribution in [2.45, 2.75) is 25.7 Å². The summed E-state index contributed by atoms with van der Waals surface area (Å²) >= 11 is 0. The maximum absolute atomic E-state index is 12.7. The zero-order valence-electron chi connectivity index (χ0n) is 18.0. The van der Waals surface area contributed by atoms with E-state index < -0.39 is 21.9 Å². The highest BCUT2D eigenvalue weighted by Crippen LogP contribution is 2.23. The van der Waals surface area contributed by atoms with Crippen molar-refractivity contribution in [2.24, 2.45) is 0 Å². The minimum atomic E-state index is -3.76. The number of esters is 1. The topological polar surface area (TPSA) is 102 Å². The minimum Gasteiger partial charge on any atom is -0.462 e. The second kappa shape index (κ2) is 9.65. The first-order chi connectivity index (χ1) is 15.2. The molecule has 0 spiro atoms. The number of rotatable bonds is 7. The molecule has 0 fully saturated rings. The summed E-state index contributed by atoms with van der Waals surface area (Å²) in [5, 5.41) is 2.71.